The van der Waals surface area contributed by atoms with Crippen LogP contribution in [0.5, 0.6) is 0 Å². The van der Waals surface area contributed by atoms with E-state index in [1.165, 1.54) is 53.4 Å². The molecule has 3 rings (SSSR count). The van der Waals surface area contributed by atoms with E-state index in [4.69, 9.17) is 5.73 Å². The van der Waals surface area contributed by atoms with E-state index in [1.54, 1.807) is 0 Å². The van der Waals surface area contributed by atoms with E-state index in [0.29, 0.717) is 5.92 Å². The molecular weight excluding hydrogens is 244 g/mol. The van der Waals surface area contributed by atoms with Crippen LogP contribution in [-0.4, -0.2) is 11.5 Å². The number of nitrogens with one attached hydrogen (secondary N) is 1. The van der Waals surface area contributed by atoms with Crippen molar-refractivity contribution in [2.24, 2.45) is 11.7 Å². The van der Waals surface area contributed by atoms with Crippen LogP contribution in [0.3, 0.4) is 0 Å². The van der Waals surface area contributed by atoms with Crippen LogP contribution in [-0.2, 0) is 6.42 Å². The molecule has 1 aromatic heterocycles. The average Bonchev–Trinajstić information content (AvgIpc) is 3.08. The summed E-state index contributed by atoms with van der Waals surface area (Å²) in [5.41, 5.74) is 11.7. The minimum absolute atomic E-state index is 0.526. The first-order valence-corrected chi connectivity index (χ1v) is 8.06. The summed E-state index contributed by atoms with van der Waals surface area (Å²) in [4.78, 5) is 3.63. The molecule has 1 aliphatic carbocycles. The van der Waals surface area contributed by atoms with Gasteiger partial charge in [-0.15, -0.1) is 0 Å². The highest BCUT2D eigenvalue weighted by Gasteiger charge is 2.28. The molecule has 0 bridgehead atoms. The molecule has 0 amide bonds. The molecular formula is C18H26N2. The van der Waals surface area contributed by atoms with Gasteiger partial charge in [-0.2, -0.15) is 0 Å². The Hall–Kier alpha value is -1.28. The molecule has 0 saturated heterocycles. The highest BCUT2D eigenvalue weighted by atomic mass is 14.7. The van der Waals surface area contributed by atoms with Crippen LogP contribution in [0.15, 0.2) is 18.2 Å². The molecule has 2 aromatic rings. The van der Waals surface area contributed by atoms with Gasteiger partial charge in [0.2, 0.25) is 0 Å². The van der Waals surface area contributed by atoms with Crippen molar-refractivity contribution in [3.05, 3.63) is 35.0 Å². The lowest BCUT2D eigenvalue weighted by Crippen LogP contribution is -2.20. The zero-order chi connectivity index (χ0) is 14.1. The fourth-order valence-corrected chi connectivity index (χ4v) is 4.11. The molecule has 1 aliphatic rings. The third kappa shape index (κ3) is 2.16. The van der Waals surface area contributed by atoms with Crippen LogP contribution in [0.4, 0.5) is 0 Å². The van der Waals surface area contributed by atoms with Gasteiger partial charge in [0.05, 0.1) is 0 Å². The maximum Gasteiger partial charge on any atom is 0.0491 e. The first-order chi connectivity index (χ1) is 9.76. The first-order valence-electron chi connectivity index (χ1n) is 8.06. The number of nitrogens with two attached hydrogens (primary N) is 1. The number of benzene rings is 1. The molecule has 2 nitrogen and oxygen atoms in total. The van der Waals surface area contributed by atoms with E-state index in [9.17, 15) is 0 Å². The number of aromatic amines is 1. The molecule has 0 radical (unpaired) electrons. The van der Waals surface area contributed by atoms with Gasteiger partial charge in [-0.1, -0.05) is 38.0 Å². The predicted octanol–water partition coefficient (Wildman–Crippen LogP) is 4.27. The summed E-state index contributed by atoms with van der Waals surface area (Å²) < 4.78 is 0. The van der Waals surface area contributed by atoms with Gasteiger partial charge < -0.3 is 10.7 Å². The van der Waals surface area contributed by atoms with Crippen LogP contribution in [0.1, 0.15) is 55.3 Å². The van der Waals surface area contributed by atoms with Crippen molar-refractivity contribution in [1.82, 2.24) is 4.98 Å². The lowest BCUT2D eigenvalue weighted by molar-refractivity contribution is 0.441. The van der Waals surface area contributed by atoms with Crippen molar-refractivity contribution in [2.75, 3.05) is 6.54 Å². The largest absolute Gasteiger partial charge is 0.358 e. The van der Waals surface area contributed by atoms with Crippen molar-refractivity contribution < 1.29 is 0 Å². The molecule has 1 unspecified atom stereocenters. The van der Waals surface area contributed by atoms with Crippen molar-refractivity contribution in [3.8, 4) is 0 Å². The second-order valence-corrected chi connectivity index (χ2v) is 6.24. The lowest BCUT2D eigenvalue weighted by Gasteiger charge is -2.22. The number of aryl methyl sites for hydroxylation is 2. The summed E-state index contributed by atoms with van der Waals surface area (Å²) in [6.45, 7) is 5.21. The summed E-state index contributed by atoms with van der Waals surface area (Å²) in [6, 6.07) is 6.69. The van der Waals surface area contributed by atoms with Gasteiger partial charge in [-0.25, -0.2) is 0 Å². The lowest BCUT2D eigenvalue weighted by atomic mass is 9.83. The third-order valence-electron chi connectivity index (χ3n) is 5.13. The molecule has 108 valence electrons. The van der Waals surface area contributed by atoms with Gasteiger partial charge in [0, 0.05) is 22.5 Å². The highest BCUT2D eigenvalue weighted by molar-refractivity contribution is 5.88. The number of hydrogen-bond acceptors (Lipinski definition) is 1. The quantitative estimate of drug-likeness (QED) is 0.856. The molecule has 1 atom stereocenters. The molecule has 1 saturated carbocycles. The number of para-hydroxylation sites is 1. The Morgan fingerprint density at radius 2 is 2.05 bits per heavy atom. The van der Waals surface area contributed by atoms with E-state index in [-0.39, 0.29) is 0 Å². The number of hydrogen-bond donors (Lipinski definition) is 2. The topological polar surface area (TPSA) is 41.8 Å². The normalized spacial score (nSPS) is 17.9. The molecule has 3 N–H and O–H groups in total. The van der Waals surface area contributed by atoms with Gasteiger partial charge in [-0.3, -0.25) is 0 Å². The summed E-state index contributed by atoms with van der Waals surface area (Å²) in [6.07, 6.45) is 6.53. The standard InChI is InChI=1S/C18H26N2/c1-3-13-9-6-10-15-17(12(2)20-18(13)15)16(11-19)14-7-4-5-8-14/h6,9-10,14,16,20H,3-5,7-8,11,19H2,1-2H3. The number of rotatable bonds is 4. The zero-order valence-electron chi connectivity index (χ0n) is 12.7. The van der Waals surface area contributed by atoms with Crippen LogP contribution >= 0.6 is 0 Å². The summed E-state index contributed by atoms with van der Waals surface area (Å²) in [5.74, 6) is 1.31. The van der Waals surface area contributed by atoms with Crippen molar-refractivity contribution >= 4 is 10.9 Å². The SMILES string of the molecule is CCc1cccc2c(C(CN)C3CCCC3)c(C)[nH]c12. The minimum Gasteiger partial charge on any atom is -0.358 e. The monoisotopic (exact) mass is 270 g/mol. The molecule has 0 spiro atoms. The fraction of sp³-hybridized carbons (Fsp3) is 0.556. The molecule has 0 aliphatic heterocycles. The van der Waals surface area contributed by atoms with Crippen molar-refractivity contribution in [3.63, 3.8) is 0 Å². The van der Waals surface area contributed by atoms with Crippen LogP contribution in [0.2, 0.25) is 0 Å². The average molecular weight is 270 g/mol. The number of fused-ring (bicyclic) bond motifs is 1. The van der Waals surface area contributed by atoms with Gasteiger partial charge in [0.15, 0.2) is 0 Å². The zero-order valence-corrected chi connectivity index (χ0v) is 12.7. The van der Waals surface area contributed by atoms with Crippen molar-refractivity contribution in [2.45, 2.75) is 51.9 Å². The number of H-pyrrole nitrogens is 1. The van der Waals surface area contributed by atoms with E-state index >= 15 is 0 Å². The second kappa shape index (κ2) is 5.61. The van der Waals surface area contributed by atoms with Crippen LogP contribution in [0, 0.1) is 12.8 Å². The molecule has 1 aromatic carbocycles. The van der Waals surface area contributed by atoms with Crippen LogP contribution < -0.4 is 5.73 Å². The highest BCUT2D eigenvalue weighted by Crippen LogP contribution is 2.41. The summed E-state index contributed by atoms with van der Waals surface area (Å²) in [5, 5.41) is 1.41. The Labute approximate surface area is 121 Å². The van der Waals surface area contributed by atoms with E-state index < -0.39 is 0 Å². The predicted molar refractivity (Wildman–Crippen MR) is 86.2 cm³/mol. The summed E-state index contributed by atoms with van der Waals surface area (Å²) >= 11 is 0. The first kappa shape index (κ1) is 13.7. The van der Waals surface area contributed by atoms with Gasteiger partial charge >= 0.3 is 0 Å². The van der Waals surface area contributed by atoms with Gasteiger partial charge in [0.25, 0.3) is 0 Å². The van der Waals surface area contributed by atoms with Crippen molar-refractivity contribution in [1.29, 1.82) is 0 Å². The Bertz CT molecular complexity index is 591. The smallest absolute Gasteiger partial charge is 0.0491 e. The maximum atomic E-state index is 6.16. The van der Waals surface area contributed by atoms with E-state index in [1.807, 2.05) is 0 Å². The minimum atomic E-state index is 0.526. The molecule has 2 heteroatoms. The van der Waals surface area contributed by atoms with Gasteiger partial charge in [0.1, 0.15) is 0 Å². The summed E-state index contributed by atoms with van der Waals surface area (Å²) in [7, 11) is 0. The molecule has 1 heterocycles. The maximum absolute atomic E-state index is 6.16. The second-order valence-electron chi connectivity index (χ2n) is 6.24. The Kier molecular flexibility index (Phi) is 3.84. The Morgan fingerprint density at radius 3 is 2.70 bits per heavy atom. The van der Waals surface area contributed by atoms with Gasteiger partial charge in [-0.05, 0) is 49.8 Å². The van der Waals surface area contributed by atoms with E-state index in [2.05, 4.69) is 37.0 Å². The third-order valence-corrected chi connectivity index (χ3v) is 5.13. The number of aromatic nitrogens is 1. The molecule has 1 fully saturated rings. The fourth-order valence-electron chi connectivity index (χ4n) is 4.11. The van der Waals surface area contributed by atoms with Crippen LogP contribution in [0.25, 0.3) is 10.9 Å². The Balaban J connectivity index is 2.12. The Morgan fingerprint density at radius 1 is 1.30 bits per heavy atom. The van der Waals surface area contributed by atoms with E-state index in [0.717, 1.165) is 18.9 Å². The molecule has 20 heavy (non-hydrogen) atoms.